The molecule has 1 unspecified atom stereocenters. The molecule has 0 saturated heterocycles. The largest absolute Gasteiger partial charge is 0.393 e. The van der Waals surface area contributed by atoms with Crippen molar-refractivity contribution in [3.05, 3.63) is 16.4 Å². The second-order valence-electron chi connectivity index (χ2n) is 4.68. The first-order valence-corrected chi connectivity index (χ1v) is 6.83. The Morgan fingerprint density at radius 2 is 2.22 bits per heavy atom. The number of rotatable bonds is 6. The highest BCUT2D eigenvalue weighted by Crippen LogP contribution is 2.22. The Balaban J connectivity index is 2.73. The maximum Gasteiger partial charge on any atom is 0.0863 e. The highest BCUT2D eigenvalue weighted by molar-refractivity contribution is 7.80. The number of aryl methyl sites for hydroxylation is 2. The molecule has 6 heteroatoms. The normalized spacial score (nSPS) is 13.0. The Hall–Kier alpha value is -0.650. The molecule has 0 saturated carbocycles. The van der Waals surface area contributed by atoms with Gasteiger partial charge in [-0.05, 0) is 13.5 Å². The predicted molar refractivity (Wildman–Crippen MR) is 79.9 cm³/mol. The third-order valence-electron chi connectivity index (χ3n) is 2.99. The Bertz CT molecular complexity index is 430. The molecule has 0 bridgehead atoms. The zero-order chi connectivity index (χ0) is 13.9. The average Bonchev–Trinajstić information content (AvgIpc) is 2.56. The number of aromatic nitrogens is 2. The van der Waals surface area contributed by atoms with E-state index in [4.69, 9.17) is 29.6 Å². The molecular formula is C12H21ClN4S. The van der Waals surface area contributed by atoms with Crippen molar-refractivity contribution in [1.82, 2.24) is 14.7 Å². The van der Waals surface area contributed by atoms with Crippen LogP contribution in [0, 0.1) is 5.92 Å². The molecule has 4 nitrogen and oxygen atoms in total. The van der Waals surface area contributed by atoms with E-state index in [1.807, 2.05) is 25.7 Å². The van der Waals surface area contributed by atoms with E-state index >= 15 is 0 Å². The molecule has 0 fully saturated rings. The van der Waals surface area contributed by atoms with Crippen molar-refractivity contribution in [3.8, 4) is 0 Å². The van der Waals surface area contributed by atoms with E-state index in [-0.39, 0.29) is 5.92 Å². The van der Waals surface area contributed by atoms with Crippen molar-refractivity contribution in [1.29, 1.82) is 0 Å². The van der Waals surface area contributed by atoms with Crippen LogP contribution < -0.4 is 5.73 Å². The predicted octanol–water partition coefficient (Wildman–Crippen LogP) is 1.99. The number of hydrogen-bond acceptors (Lipinski definition) is 3. The Morgan fingerprint density at radius 1 is 1.61 bits per heavy atom. The maximum atomic E-state index is 6.31. The topological polar surface area (TPSA) is 47.1 Å². The summed E-state index contributed by atoms with van der Waals surface area (Å²) in [4.78, 5) is 2.71. The zero-order valence-electron chi connectivity index (χ0n) is 11.4. The highest BCUT2D eigenvalue weighted by Gasteiger charge is 2.16. The van der Waals surface area contributed by atoms with Crippen LogP contribution in [0.3, 0.4) is 0 Å². The molecule has 0 radical (unpaired) electrons. The molecule has 0 aliphatic carbocycles. The Morgan fingerprint density at radius 3 is 2.67 bits per heavy atom. The summed E-state index contributed by atoms with van der Waals surface area (Å²) in [6.45, 7) is 5.64. The molecule has 1 aromatic rings. The first kappa shape index (κ1) is 15.4. The fraction of sp³-hybridized carbons (Fsp3) is 0.667. The summed E-state index contributed by atoms with van der Waals surface area (Å²) in [5.41, 5.74) is 7.61. The number of nitrogens with zero attached hydrogens (tertiary/aromatic N) is 3. The zero-order valence-corrected chi connectivity index (χ0v) is 13.0. The molecule has 0 aliphatic heterocycles. The van der Waals surface area contributed by atoms with Crippen LogP contribution >= 0.6 is 23.8 Å². The summed E-state index contributed by atoms with van der Waals surface area (Å²) in [7, 11) is 3.95. The molecule has 1 atom stereocenters. The van der Waals surface area contributed by atoms with Gasteiger partial charge in [-0.25, -0.2) is 0 Å². The molecule has 102 valence electrons. The van der Waals surface area contributed by atoms with E-state index in [0.717, 1.165) is 35.9 Å². The molecule has 1 rings (SSSR count). The molecule has 1 heterocycles. The van der Waals surface area contributed by atoms with Gasteiger partial charge in [0.1, 0.15) is 0 Å². The standard InChI is InChI=1S/C12H21ClN4S/c1-5-9-11(13)10(17(4)15-9)7-16(3)6-8(2)12(14)18/h8H,5-7H2,1-4H3,(H2,14,18). The second-order valence-corrected chi connectivity index (χ2v) is 5.53. The van der Waals surface area contributed by atoms with Crippen LogP contribution in [0.5, 0.6) is 0 Å². The van der Waals surface area contributed by atoms with Gasteiger partial charge in [-0.2, -0.15) is 5.10 Å². The number of nitrogens with two attached hydrogens (primary N) is 1. The first-order chi connectivity index (χ1) is 8.36. The maximum absolute atomic E-state index is 6.31. The minimum absolute atomic E-state index is 0.197. The lowest BCUT2D eigenvalue weighted by molar-refractivity contribution is 0.299. The molecule has 1 aromatic heterocycles. The second kappa shape index (κ2) is 6.50. The van der Waals surface area contributed by atoms with Gasteiger partial charge in [-0.3, -0.25) is 9.58 Å². The van der Waals surface area contributed by atoms with Gasteiger partial charge in [-0.1, -0.05) is 37.7 Å². The van der Waals surface area contributed by atoms with Gasteiger partial charge in [-0.15, -0.1) is 0 Å². The van der Waals surface area contributed by atoms with Crippen LogP contribution in [-0.2, 0) is 20.0 Å². The van der Waals surface area contributed by atoms with Crippen molar-refractivity contribution in [3.63, 3.8) is 0 Å². The monoisotopic (exact) mass is 288 g/mol. The lowest BCUT2D eigenvalue weighted by Gasteiger charge is -2.20. The van der Waals surface area contributed by atoms with Crippen LogP contribution in [0.4, 0.5) is 0 Å². The van der Waals surface area contributed by atoms with Crippen LogP contribution in [0.25, 0.3) is 0 Å². The van der Waals surface area contributed by atoms with Gasteiger partial charge in [0.05, 0.1) is 21.4 Å². The van der Waals surface area contributed by atoms with Crippen LogP contribution in [0.15, 0.2) is 0 Å². The van der Waals surface area contributed by atoms with E-state index < -0.39 is 0 Å². The van der Waals surface area contributed by atoms with Gasteiger partial charge >= 0.3 is 0 Å². The summed E-state index contributed by atoms with van der Waals surface area (Å²) >= 11 is 11.3. The fourth-order valence-electron chi connectivity index (χ4n) is 1.87. The smallest absolute Gasteiger partial charge is 0.0863 e. The minimum Gasteiger partial charge on any atom is -0.393 e. The quantitative estimate of drug-likeness (QED) is 0.813. The van der Waals surface area contributed by atoms with E-state index in [1.54, 1.807) is 0 Å². The summed E-state index contributed by atoms with van der Waals surface area (Å²) in [6, 6.07) is 0. The number of halogens is 1. The third-order valence-corrected chi connectivity index (χ3v) is 3.83. The lowest BCUT2D eigenvalue weighted by atomic mass is 10.1. The van der Waals surface area contributed by atoms with Crippen LogP contribution in [-0.4, -0.2) is 33.3 Å². The molecule has 0 aromatic carbocycles. The number of thiocarbonyl (C=S) groups is 1. The third kappa shape index (κ3) is 3.67. The van der Waals surface area contributed by atoms with Gasteiger partial charge in [0, 0.05) is 26.1 Å². The van der Waals surface area contributed by atoms with Gasteiger partial charge in [0.2, 0.25) is 0 Å². The lowest BCUT2D eigenvalue weighted by Crippen LogP contribution is -2.31. The van der Waals surface area contributed by atoms with E-state index in [0.29, 0.717) is 4.99 Å². The molecule has 0 amide bonds. The van der Waals surface area contributed by atoms with Crippen LogP contribution in [0.1, 0.15) is 25.2 Å². The van der Waals surface area contributed by atoms with E-state index in [2.05, 4.69) is 16.9 Å². The van der Waals surface area contributed by atoms with E-state index in [1.165, 1.54) is 0 Å². The first-order valence-electron chi connectivity index (χ1n) is 6.04. The fourth-order valence-corrected chi connectivity index (χ4v) is 2.30. The van der Waals surface area contributed by atoms with Crippen LogP contribution in [0.2, 0.25) is 5.02 Å². The van der Waals surface area contributed by atoms with Gasteiger partial charge < -0.3 is 5.73 Å². The van der Waals surface area contributed by atoms with Crippen molar-refractivity contribution >= 4 is 28.8 Å². The van der Waals surface area contributed by atoms with Crippen molar-refractivity contribution in [2.24, 2.45) is 18.7 Å². The van der Waals surface area contributed by atoms with Crippen molar-refractivity contribution < 1.29 is 0 Å². The Kier molecular flexibility index (Phi) is 5.56. The molecule has 2 N–H and O–H groups in total. The molecular weight excluding hydrogens is 268 g/mol. The van der Waals surface area contributed by atoms with Crippen molar-refractivity contribution in [2.75, 3.05) is 13.6 Å². The Labute approximate surface area is 119 Å². The average molecular weight is 289 g/mol. The summed E-state index contributed by atoms with van der Waals surface area (Å²) in [6.07, 6.45) is 0.847. The number of hydrogen-bond donors (Lipinski definition) is 1. The van der Waals surface area contributed by atoms with Gasteiger partial charge in [0.25, 0.3) is 0 Å². The summed E-state index contributed by atoms with van der Waals surface area (Å²) in [5.74, 6) is 0.197. The summed E-state index contributed by atoms with van der Waals surface area (Å²) in [5, 5.41) is 5.18. The van der Waals surface area contributed by atoms with Gasteiger partial charge in [0.15, 0.2) is 0 Å². The minimum atomic E-state index is 0.197. The molecule has 0 aliphatic rings. The molecule has 18 heavy (non-hydrogen) atoms. The highest BCUT2D eigenvalue weighted by atomic mass is 35.5. The summed E-state index contributed by atoms with van der Waals surface area (Å²) < 4.78 is 1.85. The van der Waals surface area contributed by atoms with Crippen molar-refractivity contribution in [2.45, 2.75) is 26.8 Å². The molecule has 0 spiro atoms. The van der Waals surface area contributed by atoms with E-state index in [9.17, 15) is 0 Å². The SMILES string of the molecule is CCc1nn(C)c(CN(C)CC(C)C(N)=S)c1Cl.